The van der Waals surface area contributed by atoms with Gasteiger partial charge >= 0.3 is 0 Å². The summed E-state index contributed by atoms with van der Waals surface area (Å²) in [4.78, 5) is 0.438. The van der Waals surface area contributed by atoms with Crippen molar-refractivity contribution in [2.75, 3.05) is 0 Å². The van der Waals surface area contributed by atoms with Crippen molar-refractivity contribution in [1.82, 2.24) is 4.57 Å². The smallest absolute Gasteiger partial charge is 0.294 e. The Balaban J connectivity index is 0.00000144. The standard InChI is InChI=1S/C8H9N3O3S2.K/c1-11-6-3-2-5(16(12,13)14)4-7(6)15-8(11)10-9;/h2-4H,9H2,1H3,(H,12,13,14);. The molecule has 17 heavy (non-hydrogen) atoms. The van der Waals surface area contributed by atoms with Gasteiger partial charge in [-0.3, -0.25) is 4.55 Å². The second-order valence-electron chi connectivity index (χ2n) is 3.18. The third kappa shape index (κ3) is 2.99. The molecule has 2 aromatic rings. The first-order chi connectivity index (χ1) is 7.43. The van der Waals surface area contributed by atoms with Crippen molar-refractivity contribution in [3.63, 3.8) is 0 Å². The molecule has 1 aromatic heterocycles. The minimum atomic E-state index is -4.17. The fraction of sp³-hybridized carbons (Fsp3) is 0.125. The molecule has 2 rings (SSSR count). The Bertz CT molecular complexity index is 717. The number of nitrogens with zero attached hydrogens (tertiary/aromatic N) is 2. The normalized spacial score (nSPS) is 12.7. The van der Waals surface area contributed by atoms with E-state index in [0.717, 1.165) is 5.52 Å². The van der Waals surface area contributed by atoms with Gasteiger partial charge in [-0.05, 0) is 18.2 Å². The Morgan fingerprint density at radius 3 is 2.65 bits per heavy atom. The van der Waals surface area contributed by atoms with E-state index in [0.29, 0.717) is 9.50 Å². The average molecular weight is 298 g/mol. The van der Waals surface area contributed by atoms with E-state index in [4.69, 9.17) is 10.4 Å². The number of hydrogen-bond acceptors (Lipinski definition) is 5. The Labute approximate surface area is 144 Å². The van der Waals surface area contributed by atoms with Gasteiger partial charge in [-0.1, -0.05) is 11.3 Å². The number of nitrogens with two attached hydrogens (primary N) is 1. The van der Waals surface area contributed by atoms with Crippen molar-refractivity contribution in [2.24, 2.45) is 18.0 Å². The van der Waals surface area contributed by atoms with Crippen molar-refractivity contribution in [3.05, 3.63) is 23.0 Å². The van der Waals surface area contributed by atoms with Gasteiger partial charge in [0, 0.05) is 58.4 Å². The minimum Gasteiger partial charge on any atom is -0.320 e. The van der Waals surface area contributed by atoms with Crippen molar-refractivity contribution in [2.45, 2.75) is 4.90 Å². The van der Waals surface area contributed by atoms with Crippen molar-refractivity contribution in [3.8, 4) is 0 Å². The second kappa shape index (κ2) is 5.49. The summed E-state index contributed by atoms with van der Waals surface area (Å²) >= 11 is 1.25. The molecule has 0 aliphatic rings. The summed E-state index contributed by atoms with van der Waals surface area (Å²) < 4.78 is 33.2. The predicted molar refractivity (Wildman–Crippen MR) is 66.1 cm³/mol. The Morgan fingerprint density at radius 1 is 1.47 bits per heavy atom. The molecule has 0 fully saturated rings. The Hall–Kier alpha value is 0.256. The molecule has 87 valence electrons. The van der Waals surface area contributed by atoms with E-state index in [1.54, 1.807) is 17.7 Å². The van der Waals surface area contributed by atoms with Crippen LogP contribution < -0.4 is 10.6 Å². The van der Waals surface area contributed by atoms with Crippen molar-refractivity contribution >= 4 is 83.1 Å². The van der Waals surface area contributed by atoms with E-state index in [1.165, 1.54) is 23.5 Å². The van der Waals surface area contributed by atoms with Gasteiger partial charge in [-0.2, -0.15) is 13.5 Å². The zero-order chi connectivity index (χ0) is 11.9. The predicted octanol–water partition coefficient (Wildman–Crippen LogP) is -0.120. The quantitative estimate of drug-likeness (QED) is 0.332. The van der Waals surface area contributed by atoms with Crippen LogP contribution in [-0.2, 0) is 17.2 Å². The second-order valence-corrected chi connectivity index (χ2v) is 5.61. The van der Waals surface area contributed by atoms with Gasteiger partial charge in [0.1, 0.15) is 0 Å². The van der Waals surface area contributed by atoms with Crippen LogP contribution in [0.25, 0.3) is 10.2 Å². The molecule has 0 aliphatic carbocycles. The van der Waals surface area contributed by atoms with Crippen LogP contribution in [0.15, 0.2) is 28.2 Å². The van der Waals surface area contributed by atoms with Crippen LogP contribution in [0.2, 0.25) is 0 Å². The molecule has 3 N–H and O–H groups in total. The van der Waals surface area contributed by atoms with Crippen LogP contribution >= 0.6 is 11.3 Å². The van der Waals surface area contributed by atoms with E-state index in [2.05, 4.69) is 5.10 Å². The molecule has 6 nitrogen and oxygen atoms in total. The van der Waals surface area contributed by atoms with Crippen LogP contribution in [0.5, 0.6) is 0 Å². The first-order valence-electron chi connectivity index (χ1n) is 4.24. The average Bonchev–Trinajstić information content (AvgIpc) is 2.54. The maximum atomic E-state index is 10.9. The van der Waals surface area contributed by atoms with Crippen LogP contribution in [0.4, 0.5) is 0 Å². The van der Waals surface area contributed by atoms with Gasteiger partial charge in [0.25, 0.3) is 10.1 Å². The summed E-state index contributed by atoms with van der Waals surface area (Å²) in [6.07, 6.45) is 0. The molecule has 0 bridgehead atoms. The number of hydrogen-bond donors (Lipinski definition) is 2. The molecule has 0 aliphatic heterocycles. The summed E-state index contributed by atoms with van der Waals surface area (Å²) in [5.41, 5.74) is 0.807. The topological polar surface area (TPSA) is 97.7 Å². The molecule has 0 saturated carbocycles. The first kappa shape index (κ1) is 15.3. The molecule has 0 spiro atoms. The summed E-state index contributed by atoms with van der Waals surface area (Å²) in [5.74, 6) is 5.19. The molecule has 1 heterocycles. The summed E-state index contributed by atoms with van der Waals surface area (Å²) in [5, 5.41) is 3.57. The van der Waals surface area contributed by atoms with Crippen LogP contribution in [0, 0.1) is 0 Å². The zero-order valence-corrected chi connectivity index (χ0v) is 14.0. The molecular weight excluding hydrogens is 289 g/mol. The molecule has 0 atom stereocenters. The number of rotatable bonds is 1. The van der Waals surface area contributed by atoms with Gasteiger partial charge in [-0.25, -0.2) is 0 Å². The number of fused-ring (bicyclic) bond motifs is 1. The molecule has 1 aromatic carbocycles. The largest absolute Gasteiger partial charge is 0.320 e. The zero-order valence-electron chi connectivity index (χ0n) is 9.28. The minimum absolute atomic E-state index is 0. The van der Waals surface area contributed by atoms with E-state index >= 15 is 0 Å². The number of thiazole rings is 1. The van der Waals surface area contributed by atoms with E-state index in [1.807, 2.05) is 0 Å². The Kier molecular flexibility index (Phi) is 4.94. The summed E-state index contributed by atoms with van der Waals surface area (Å²) in [6, 6.07) is 4.33. The monoisotopic (exact) mass is 298 g/mol. The molecular formula is C8H9KN3O3S2. The van der Waals surface area contributed by atoms with E-state index < -0.39 is 10.1 Å². The molecule has 9 heteroatoms. The maximum Gasteiger partial charge on any atom is 0.294 e. The number of aromatic nitrogens is 1. The summed E-state index contributed by atoms with van der Waals surface area (Å²) in [6.45, 7) is 0. The van der Waals surface area contributed by atoms with Gasteiger partial charge in [0.15, 0.2) is 0 Å². The van der Waals surface area contributed by atoms with Gasteiger partial charge in [-0.15, -0.1) is 0 Å². The fourth-order valence-corrected chi connectivity index (χ4v) is 2.96. The van der Waals surface area contributed by atoms with E-state index in [9.17, 15) is 8.42 Å². The van der Waals surface area contributed by atoms with Crippen LogP contribution in [0.1, 0.15) is 0 Å². The Morgan fingerprint density at radius 2 is 2.12 bits per heavy atom. The van der Waals surface area contributed by atoms with Crippen molar-refractivity contribution in [1.29, 1.82) is 0 Å². The summed E-state index contributed by atoms with van der Waals surface area (Å²) in [7, 11) is -2.39. The van der Waals surface area contributed by atoms with Gasteiger partial charge in [0.05, 0.1) is 15.1 Å². The van der Waals surface area contributed by atoms with E-state index in [-0.39, 0.29) is 56.3 Å². The molecule has 0 amide bonds. The SMILES string of the molecule is Cn1c(=NN)sc2cc(S(=O)(=O)O)ccc21.[K]. The molecule has 1 radical (unpaired) electrons. The first-order valence-corrected chi connectivity index (χ1v) is 6.50. The van der Waals surface area contributed by atoms with Crippen LogP contribution in [-0.4, -0.2) is 68.9 Å². The fourth-order valence-electron chi connectivity index (χ4n) is 1.40. The third-order valence-electron chi connectivity index (χ3n) is 2.19. The molecule has 0 saturated heterocycles. The maximum absolute atomic E-state index is 10.9. The third-order valence-corrected chi connectivity index (χ3v) is 4.15. The van der Waals surface area contributed by atoms with Crippen molar-refractivity contribution < 1.29 is 13.0 Å². The number of benzene rings is 1. The van der Waals surface area contributed by atoms with Gasteiger partial charge < -0.3 is 10.4 Å². The number of aryl methyl sites for hydroxylation is 1. The molecule has 0 unspecified atom stereocenters. The van der Waals surface area contributed by atoms with Gasteiger partial charge in [0.2, 0.25) is 4.80 Å². The van der Waals surface area contributed by atoms with Crippen LogP contribution in [0.3, 0.4) is 0 Å².